The fourth-order valence-electron chi connectivity index (χ4n) is 2.14. The Kier molecular flexibility index (Phi) is 4.73. The van der Waals surface area contributed by atoms with E-state index in [0.717, 1.165) is 13.0 Å². The minimum atomic E-state index is 0.681. The Balaban J connectivity index is 1.64. The molecule has 0 spiro atoms. The van der Waals surface area contributed by atoms with Gasteiger partial charge in [-0.3, -0.25) is 0 Å². The number of rotatable bonds is 6. The fourth-order valence-corrected chi connectivity index (χ4v) is 2.14. The fraction of sp³-hybridized carbons (Fsp3) is 0.176. The van der Waals surface area contributed by atoms with Crippen LogP contribution >= 0.6 is 0 Å². The molecule has 116 valence electrons. The highest BCUT2D eigenvalue weighted by atomic mass is 15.2. The summed E-state index contributed by atoms with van der Waals surface area (Å²) in [5, 5.41) is 3.14. The molecule has 0 aliphatic carbocycles. The van der Waals surface area contributed by atoms with E-state index in [9.17, 15) is 0 Å². The molecule has 3 rings (SSSR count). The largest absolute Gasteiger partial charge is 0.343 e. The number of nitrogens with zero attached hydrogens (tertiary/aromatic N) is 5. The number of likely N-dealkylation sites (N-methyl/N-ethyl adjacent to an activating group) is 1. The van der Waals surface area contributed by atoms with Crippen molar-refractivity contribution in [2.75, 3.05) is 23.8 Å². The van der Waals surface area contributed by atoms with Gasteiger partial charge in [-0.05, 0) is 24.1 Å². The van der Waals surface area contributed by atoms with Crippen LogP contribution in [0.5, 0.6) is 0 Å². The SMILES string of the molecule is CN(CCc1ccccc1)c1nccc(Nc2ccncn2)n1. The minimum absolute atomic E-state index is 0.681. The summed E-state index contributed by atoms with van der Waals surface area (Å²) < 4.78 is 0. The van der Waals surface area contributed by atoms with Crippen molar-refractivity contribution >= 4 is 17.6 Å². The van der Waals surface area contributed by atoms with Crippen LogP contribution in [-0.2, 0) is 6.42 Å². The first-order chi connectivity index (χ1) is 11.3. The molecule has 2 heterocycles. The van der Waals surface area contributed by atoms with Crippen LogP contribution in [-0.4, -0.2) is 33.5 Å². The molecular formula is C17H18N6. The minimum Gasteiger partial charge on any atom is -0.343 e. The lowest BCUT2D eigenvalue weighted by Crippen LogP contribution is -2.22. The number of aromatic nitrogens is 4. The number of hydrogen-bond acceptors (Lipinski definition) is 6. The second-order valence-electron chi connectivity index (χ2n) is 5.12. The van der Waals surface area contributed by atoms with Crippen molar-refractivity contribution in [3.8, 4) is 0 Å². The molecule has 23 heavy (non-hydrogen) atoms. The zero-order valence-electron chi connectivity index (χ0n) is 12.9. The number of hydrogen-bond donors (Lipinski definition) is 1. The van der Waals surface area contributed by atoms with Crippen molar-refractivity contribution in [3.63, 3.8) is 0 Å². The summed E-state index contributed by atoms with van der Waals surface area (Å²) in [5.74, 6) is 2.09. The predicted octanol–water partition coefficient (Wildman–Crippen LogP) is 2.69. The smallest absolute Gasteiger partial charge is 0.227 e. The molecule has 1 aromatic carbocycles. The summed E-state index contributed by atoms with van der Waals surface area (Å²) in [7, 11) is 1.99. The van der Waals surface area contributed by atoms with Crippen molar-refractivity contribution in [2.24, 2.45) is 0 Å². The molecule has 0 fully saturated rings. The number of benzene rings is 1. The van der Waals surface area contributed by atoms with E-state index in [1.54, 1.807) is 18.5 Å². The van der Waals surface area contributed by atoms with Gasteiger partial charge in [0.2, 0.25) is 5.95 Å². The Bertz CT molecular complexity index is 732. The summed E-state index contributed by atoms with van der Waals surface area (Å²) in [6, 6.07) is 14.0. The molecule has 0 bridgehead atoms. The Morgan fingerprint density at radius 2 is 1.78 bits per heavy atom. The maximum atomic E-state index is 4.52. The Morgan fingerprint density at radius 3 is 2.57 bits per heavy atom. The van der Waals surface area contributed by atoms with Crippen LogP contribution in [0, 0.1) is 0 Å². The van der Waals surface area contributed by atoms with E-state index in [4.69, 9.17) is 0 Å². The molecular weight excluding hydrogens is 288 g/mol. The van der Waals surface area contributed by atoms with Gasteiger partial charge in [0.25, 0.3) is 0 Å². The molecule has 0 aliphatic heterocycles. The molecule has 0 saturated carbocycles. The highest BCUT2D eigenvalue weighted by molar-refractivity contribution is 5.52. The Hall–Kier alpha value is -3.02. The van der Waals surface area contributed by atoms with Crippen molar-refractivity contribution in [2.45, 2.75) is 6.42 Å². The van der Waals surface area contributed by atoms with Crippen LogP contribution in [0.2, 0.25) is 0 Å². The third-order valence-electron chi connectivity index (χ3n) is 3.40. The van der Waals surface area contributed by atoms with Gasteiger partial charge in [0.15, 0.2) is 0 Å². The normalized spacial score (nSPS) is 10.3. The third kappa shape index (κ3) is 4.23. The lowest BCUT2D eigenvalue weighted by atomic mass is 10.1. The molecule has 1 N–H and O–H groups in total. The Labute approximate surface area is 135 Å². The maximum absolute atomic E-state index is 4.52. The van der Waals surface area contributed by atoms with Gasteiger partial charge in [-0.1, -0.05) is 30.3 Å². The average Bonchev–Trinajstić information content (AvgIpc) is 2.62. The molecule has 0 aliphatic rings. The molecule has 0 atom stereocenters. The first-order valence-electron chi connectivity index (χ1n) is 7.42. The van der Waals surface area contributed by atoms with Crippen LogP contribution in [0.3, 0.4) is 0 Å². The van der Waals surface area contributed by atoms with Crippen LogP contribution < -0.4 is 10.2 Å². The highest BCUT2D eigenvalue weighted by Gasteiger charge is 2.06. The zero-order valence-corrected chi connectivity index (χ0v) is 12.9. The van der Waals surface area contributed by atoms with Gasteiger partial charge < -0.3 is 10.2 Å². The summed E-state index contributed by atoms with van der Waals surface area (Å²) in [5.41, 5.74) is 1.30. The van der Waals surface area contributed by atoms with Gasteiger partial charge in [0.1, 0.15) is 18.0 Å². The quantitative estimate of drug-likeness (QED) is 0.755. The average molecular weight is 306 g/mol. The molecule has 6 heteroatoms. The van der Waals surface area contributed by atoms with Crippen LogP contribution in [0.15, 0.2) is 61.2 Å². The van der Waals surface area contributed by atoms with Gasteiger partial charge >= 0.3 is 0 Å². The van der Waals surface area contributed by atoms with Gasteiger partial charge in [0.05, 0.1) is 0 Å². The second-order valence-corrected chi connectivity index (χ2v) is 5.12. The van der Waals surface area contributed by atoms with E-state index < -0.39 is 0 Å². The Morgan fingerprint density at radius 1 is 0.957 bits per heavy atom. The maximum Gasteiger partial charge on any atom is 0.227 e. The van der Waals surface area contributed by atoms with Crippen LogP contribution in [0.4, 0.5) is 17.6 Å². The lowest BCUT2D eigenvalue weighted by molar-refractivity contribution is 0.838. The van der Waals surface area contributed by atoms with Crippen molar-refractivity contribution in [1.82, 2.24) is 19.9 Å². The van der Waals surface area contributed by atoms with Gasteiger partial charge in [-0.15, -0.1) is 0 Å². The predicted molar refractivity (Wildman–Crippen MR) is 90.8 cm³/mol. The van der Waals surface area contributed by atoms with Gasteiger partial charge in [-0.2, -0.15) is 4.98 Å². The molecule has 2 aromatic heterocycles. The highest BCUT2D eigenvalue weighted by Crippen LogP contribution is 2.14. The second kappa shape index (κ2) is 7.31. The van der Waals surface area contributed by atoms with Crippen LogP contribution in [0.25, 0.3) is 0 Å². The first-order valence-corrected chi connectivity index (χ1v) is 7.42. The molecule has 0 radical (unpaired) electrons. The van der Waals surface area contributed by atoms with Crippen LogP contribution in [0.1, 0.15) is 5.56 Å². The third-order valence-corrected chi connectivity index (χ3v) is 3.40. The van der Waals surface area contributed by atoms with E-state index in [1.807, 2.05) is 24.1 Å². The van der Waals surface area contributed by atoms with Crippen molar-refractivity contribution in [1.29, 1.82) is 0 Å². The van der Waals surface area contributed by atoms with Crippen molar-refractivity contribution < 1.29 is 0 Å². The molecule has 0 unspecified atom stereocenters. The van der Waals surface area contributed by atoms with E-state index in [1.165, 1.54) is 11.9 Å². The zero-order chi connectivity index (χ0) is 15.9. The van der Waals surface area contributed by atoms with E-state index in [0.29, 0.717) is 17.6 Å². The summed E-state index contributed by atoms with van der Waals surface area (Å²) in [6.07, 6.45) is 5.87. The van der Waals surface area contributed by atoms with Gasteiger partial charge in [0, 0.05) is 26.0 Å². The van der Waals surface area contributed by atoms with E-state index in [-0.39, 0.29) is 0 Å². The van der Waals surface area contributed by atoms with Gasteiger partial charge in [-0.25, -0.2) is 15.0 Å². The molecule has 6 nitrogen and oxygen atoms in total. The summed E-state index contributed by atoms with van der Waals surface area (Å²) in [4.78, 5) is 18.9. The number of nitrogens with one attached hydrogen (secondary N) is 1. The standard InChI is InChI=1S/C17H18N6/c1-23(12-9-14-5-3-2-4-6-14)17-19-11-8-16(22-17)21-15-7-10-18-13-20-15/h2-8,10-11,13H,9,12H2,1H3,(H,18,19,20,21,22). The van der Waals surface area contributed by atoms with Crippen molar-refractivity contribution in [3.05, 3.63) is 66.7 Å². The number of anilines is 3. The monoisotopic (exact) mass is 306 g/mol. The topological polar surface area (TPSA) is 66.8 Å². The molecule has 3 aromatic rings. The summed E-state index contributed by atoms with van der Waals surface area (Å²) >= 11 is 0. The lowest BCUT2D eigenvalue weighted by Gasteiger charge is -2.17. The summed E-state index contributed by atoms with van der Waals surface area (Å²) in [6.45, 7) is 0.848. The first kappa shape index (κ1) is 14.9. The van der Waals surface area contributed by atoms with E-state index in [2.05, 4.69) is 49.5 Å². The molecule has 0 saturated heterocycles. The molecule has 0 amide bonds. The van der Waals surface area contributed by atoms with E-state index >= 15 is 0 Å².